The summed E-state index contributed by atoms with van der Waals surface area (Å²) in [5, 5.41) is 4.60. The third kappa shape index (κ3) is 4.56. The van der Waals surface area contributed by atoms with Gasteiger partial charge in [-0.05, 0) is 36.4 Å². The molecule has 0 N–H and O–H groups in total. The van der Waals surface area contributed by atoms with Crippen LogP contribution in [0.2, 0.25) is 5.02 Å². The molecule has 1 aromatic heterocycles. The molecule has 6 nitrogen and oxygen atoms in total. The van der Waals surface area contributed by atoms with Crippen LogP contribution in [0.1, 0.15) is 12.3 Å². The summed E-state index contributed by atoms with van der Waals surface area (Å²) >= 11 is 5.89. The van der Waals surface area contributed by atoms with Gasteiger partial charge in [0.15, 0.2) is 0 Å². The van der Waals surface area contributed by atoms with Gasteiger partial charge in [0.25, 0.3) is 0 Å². The number of nitrogens with zero attached hydrogens (tertiary/aromatic N) is 4. The predicted molar refractivity (Wildman–Crippen MR) is 108 cm³/mol. The molecule has 3 aromatic rings. The Balaban J connectivity index is 1.29. The molecule has 2 heterocycles. The van der Waals surface area contributed by atoms with Crippen LogP contribution in [0.4, 0.5) is 10.1 Å². The minimum absolute atomic E-state index is 0.0319. The Hall–Kier alpha value is -2.93. The fraction of sp³-hybridized carbons (Fsp3) is 0.286. The van der Waals surface area contributed by atoms with E-state index in [0.29, 0.717) is 61.4 Å². The highest BCUT2D eigenvalue weighted by atomic mass is 35.5. The van der Waals surface area contributed by atoms with Crippen molar-refractivity contribution in [2.24, 2.45) is 0 Å². The van der Waals surface area contributed by atoms with Crippen molar-refractivity contribution in [2.75, 3.05) is 31.1 Å². The number of benzene rings is 2. The van der Waals surface area contributed by atoms with Gasteiger partial charge in [0.1, 0.15) is 5.82 Å². The molecule has 0 saturated carbocycles. The number of piperazine rings is 1. The maximum Gasteiger partial charge on any atom is 0.227 e. The maximum absolute atomic E-state index is 13.9. The topological polar surface area (TPSA) is 62.5 Å². The standard InChI is InChI=1S/C21H20ClFN4O2/c22-16-7-5-15(6-8-16)21-24-19(29-25-21)9-10-20(28)27-13-11-26(12-14-27)18-4-2-1-3-17(18)23/h1-8H,9-14H2. The van der Waals surface area contributed by atoms with Crippen LogP contribution in [-0.2, 0) is 11.2 Å². The molecule has 0 aliphatic carbocycles. The number of aryl methyl sites for hydroxylation is 1. The van der Waals surface area contributed by atoms with E-state index in [-0.39, 0.29) is 11.7 Å². The summed E-state index contributed by atoms with van der Waals surface area (Å²) in [6.07, 6.45) is 0.675. The lowest BCUT2D eigenvalue weighted by Gasteiger charge is -2.36. The third-order valence-electron chi connectivity index (χ3n) is 4.95. The second kappa shape index (κ2) is 8.61. The minimum atomic E-state index is -0.236. The molecule has 1 fully saturated rings. The molecule has 0 atom stereocenters. The van der Waals surface area contributed by atoms with Crippen LogP contribution in [0.15, 0.2) is 53.1 Å². The lowest BCUT2D eigenvalue weighted by molar-refractivity contribution is -0.131. The third-order valence-corrected chi connectivity index (χ3v) is 5.20. The lowest BCUT2D eigenvalue weighted by Crippen LogP contribution is -2.49. The quantitative estimate of drug-likeness (QED) is 0.635. The molecule has 150 valence electrons. The summed E-state index contributed by atoms with van der Waals surface area (Å²) in [5.41, 5.74) is 1.39. The van der Waals surface area contributed by atoms with Crippen LogP contribution in [0.3, 0.4) is 0 Å². The van der Waals surface area contributed by atoms with Gasteiger partial charge in [0.05, 0.1) is 5.69 Å². The van der Waals surface area contributed by atoms with E-state index < -0.39 is 0 Å². The van der Waals surface area contributed by atoms with Gasteiger partial charge in [0.2, 0.25) is 17.6 Å². The molecule has 8 heteroatoms. The van der Waals surface area contributed by atoms with Crippen molar-refractivity contribution in [3.8, 4) is 11.4 Å². The predicted octanol–water partition coefficient (Wildman–Crippen LogP) is 3.81. The smallest absolute Gasteiger partial charge is 0.227 e. The second-order valence-corrected chi connectivity index (χ2v) is 7.27. The first-order chi connectivity index (χ1) is 14.1. The number of hydrogen-bond donors (Lipinski definition) is 0. The van der Waals surface area contributed by atoms with E-state index in [1.54, 1.807) is 29.2 Å². The Morgan fingerprint density at radius 2 is 1.79 bits per heavy atom. The van der Waals surface area contributed by atoms with Crippen molar-refractivity contribution in [1.82, 2.24) is 15.0 Å². The van der Waals surface area contributed by atoms with Crippen molar-refractivity contribution in [1.29, 1.82) is 0 Å². The zero-order chi connectivity index (χ0) is 20.2. The van der Waals surface area contributed by atoms with Gasteiger partial charge in [-0.1, -0.05) is 28.9 Å². The number of aromatic nitrogens is 2. The lowest BCUT2D eigenvalue weighted by atomic mass is 10.2. The van der Waals surface area contributed by atoms with Gasteiger partial charge in [-0.25, -0.2) is 4.39 Å². The number of anilines is 1. The van der Waals surface area contributed by atoms with E-state index in [4.69, 9.17) is 16.1 Å². The largest absolute Gasteiger partial charge is 0.366 e. The molecule has 0 bridgehead atoms. The zero-order valence-corrected chi connectivity index (χ0v) is 16.5. The average Bonchev–Trinajstić information content (AvgIpc) is 3.22. The number of rotatable bonds is 5. The molecular formula is C21H20ClFN4O2. The van der Waals surface area contributed by atoms with Crippen LogP contribution in [0.5, 0.6) is 0 Å². The van der Waals surface area contributed by atoms with Gasteiger partial charge >= 0.3 is 0 Å². The van der Waals surface area contributed by atoms with Gasteiger partial charge < -0.3 is 14.3 Å². The summed E-state index contributed by atoms with van der Waals surface area (Å²) < 4.78 is 19.2. The molecule has 4 rings (SSSR count). The van der Waals surface area contributed by atoms with Crippen molar-refractivity contribution in [2.45, 2.75) is 12.8 Å². The molecule has 1 aliphatic heterocycles. The van der Waals surface area contributed by atoms with E-state index in [9.17, 15) is 9.18 Å². The van der Waals surface area contributed by atoms with Gasteiger partial charge in [-0.3, -0.25) is 4.79 Å². The van der Waals surface area contributed by atoms with Gasteiger partial charge in [0, 0.05) is 49.6 Å². The van der Waals surface area contributed by atoms with E-state index in [1.165, 1.54) is 6.07 Å². The summed E-state index contributed by atoms with van der Waals surface area (Å²) in [7, 11) is 0. The molecule has 1 aliphatic rings. The summed E-state index contributed by atoms with van der Waals surface area (Å²) in [5.74, 6) is 0.695. The SMILES string of the molecule is O=C(CCc1nc(-c2ccc(Cl)cc2)no1)N1CCN(c2ccccc2F)CC1. The molecule has 0 spiro atoms. The molecule has 0 radical (unpaired) electrons. The Morgan fingerprint density at radius 3 is 2.52 bits per heavy atom. The Bertz CT molecular complexity index is 984. The first-order valence-electron chi connectivity index (χ1n) is 9.46. The van der Waals surface area contributed by atoms with E-state index in [0.717, 1.165) is 5.56 Å². The first kappa shape index (κ1) is 19.4. The molecule has 1 saturated heterocycles. The zero-order valence-electron chi connectivity index (χ0n) is 15.7. The van der Waals surface area contributed by atoms with E-state index >= 15 is 0 Å². The number of halogens is 2. The molecule has 0 unspecified atom stereocenters. The number of amides is 1. The number of carbonyl (C=O) groups is 1. The average molecular weight is 415 g/mol. The minimum Gasteiger partial charge on any atom is -0.366 e. The van der Waals surface area contributed by atoms with Crippen LogP contribution in [0.25, 0.3) is 11.4 Å². The first-order valence-corrected chi connectivity index (χ1v) is 9.84. The summed E-state index contributed by atoms with van der Waals surface area (Å²) in [6, 6.07) is 13.9. The summed E-state index contributed by atoms with van der Waals surface area (Å²) in [6.45, 7) is 2.34. The maximum atomic E-state index is 13.9. The molecule has 2 aromatic carbocycles. The van der Waals surface area contributed by atoms with Crippen molar-refractivity contribution < 1.29 is 13.7 Å². The highest BCUT2D eigenvalue weighted by molar-refractivity contribution is 6.30. The highest BCUT2D eigenvalue weighted by Gasteiger charge is 2.23. The Morgan fingerprint density at radius 1 is 1.07 bits per heavy atom. The summed E-state index contributed by atoms with van der Waals surface area (Å²) in [4.78, 5) is 20.6. The van der Waals surface area contributed by atoms with Gasteiger partial charge in [-0.15, -0.1) is 0 Å². The van der Waals surface area contributed by atoms with Gasteiger partial charge in [-0.2, -0.15) is 4.98 Å². The van der Waals surface area contributed by atoms with E-state index in [2.05, 4.69) is 10.1 Å². The van der Waals surface area contributed by atoms with Crippen LogP contribution in [-0.4, -0.2) is 47.1 Å². The number of carbonyl (C=O) groups excluding carboxylic acids is 1. The highest BCUT2D eigenvalue weighted by Crippen LogP contribution is 2.21. The van der Waals surface area contributed by atoms with Crippen LogP contribution >= 0.6 is 11.6 Å². The number of hydrogen-bond acceptors (Lipinski definition) is 5. The van der Waals surface area contributed by atoms with Crippen LogP contribution < -0.4 is 4.90 Å². The normalized spacial score (nSPS) is 14.3. The molecule has 29 heavy (non-hydrogen) atoms. The Labute approximate surface area is 172 Å². The Kier molecular flexibility index (Phi) is 5.76. The van der Waals surface area contributed by atoms with Crippen molar-refractivity contribution in [3.63, 3.8) is 0 Å². The fourth-order valence-electron chi connectivity index (χ4n) is 3.35. The second-order valence-electron chi connectivity index (χ2n) is 6.84. The van der Waals surface area contributed by atoms with Crippen LogP contribution in [0, 0.1) is 5.82 Å². The fourth-order valence-corrected chi connectivity index (χ4v) is 3.48. The van der Waals surface area contributed by atoms with Crippen molar-refractivity contribution in [3.05, 3.63) is 65.3 Å². The van der Waals surface area contributed by atoms with E-state index in [1.807, 2.05) is 23.1 Å². The molecular weight excluding hydrogens is 395 g/mol. The molecule has 1 amide bonds. The number of para-hydroxylation sites is 1. The van der Waals surface area contributed by atoms with Crippen molar-refractivity contribution >= 4 is 23.2 Å². The monoisotopic (exact) mass is 414 g/mol.